The average Bonchev–Trinajstić information content (AvgIpc) is 2.89. The maximum atomic E-state index is 13.4. The first kappa shape index (κ1) is 26.9. The average molecular weight is 508 g/mol. The quantitative estimate of drug-likeness (QED) is 0.204. The van der Waals surface area contributed by atoms with Crippen molar-refractivity contribution in [3.63, 3.8) is 0 Å². The molecule has 0 aliphatic heterocycles. The maximum Gasteiger partial charge on any atom is 0.264 e. The monoisotopic (exact) mass is 507 g/mol. The van der Waals surface area contributed by atoms with Crippen LogP contribution in [0.25, 0.3) is 0 Å². The van der Waals surface area contributed by atoms with Gasteiger partial charge in [0, 0.05) is 5.56 Å². The van der Waals surface area contributed by atoms with Gasteiger partial charge in [-0.05, 0) is 54.3 Å². The summed E-state index contributed by atoms with van der Waals surface area (Å²) in [6, 6.07) is 22.6. The molecule has 3 rings (SSSR count). The number of anilines is 1. The van der Waals surface area contributed by atoms with E-state index in [1.165, 1.54) is 18.3 Å². The first-order chi connectivity index (χ1) is 17.3. The minimum Gasteiger partial charge on any atom is -0.493 e. The number of hydrogen-bond donors (Lipinski definition) is 1. The lowest BCUT2D eigenvalue weighted by molar-refractivity contribution is -0.119. The fraction of sp³-hybridized carbons (Fsp3) is 0.286. The van der Waals surface area contributed by atoms with E-state index < -0.39 is 22.5 Å². The van der Waals surface area contributed by atoms with Crippen molar-refractivity contribution in [2.24, 2.45) is 5.10 Å². The predicted octanol–water partition coefficient (Wildman–Crippen LogP) is 5.33. The fourth-order valence-electron chi connectivity index (χ4n) is 3.44. The first-order valence-electron chi connectivity index (χ1n) is 12.0. The fourth-order valence-corrected chi connectivity index (χ4v) is 4.89. The van der Waals surface area contributed by atoms with E-state index in [1.54, 1.807) is 30.3 Å². The van der Waals surface area contributed by atoms with Crippen LogP contribution in [-0.2, 0) is 14.8 Å². The molecule has 7 nitrogen and oxygen atoms in total. The van der Waals surface area contributed by atoms with E-state index >= 15 is 0 Å². The number of nitrogens with one attached hydrogen (secondary N) is 1. The lowest BCUT2D eigenvalue weighted by atomic mass is 10.0. The topological polar surface area (TPSA) is 88.1 Å². The van der Waals surface area contributed by atoms with Crippen molar-refractivity contribution >= 4 is 27.8 Å². The highest BCUT2D eigenvalue weighted by Crippen LogP contribution is 2.25. The van der Waals surface area contributed by atoms with E-state index in [0.717, 1.165) is 22.7 Å². The Morgan fingerprint density at radius 3 is 2.33 bits per heavy atom. The van der Waals surface area contributed by atoms with Crippen molar-refractivity contribution < 1.29 is 17.9 Å². The Kier molecular flexibility index (Phi) is 9.64. The number of hydrazone groups is 1. The van der Waals surface area contributed by atoms with Crippen LogP contribution in [-0.4, -0.2) is 33.7 Å². The van der Waals surface area contributed by atoms with Gasteiger partial charge in [-0.2, -0.15) is 5.10 Å². The zero-order valence-electron chi connectivity index (χ0n) is 20.9. The minimum atomic E-state index is -3.98. The molecule has 0 aliphatic rings. The van der Waals surface area contributed by atoms with Crippen LogP contribution in [0.1, 0.15) is 50.7 Å². The van der Waals surface area contributed by atoms with Gasteiger partial charge in [0.1, 0.15) is 12.3 Å². The molecule has 8 heteroatoms. The van der Waals surface area contributed by atoms with Crippen LogP contribution < -0.4 is 14.5 Å². The summed E-state index contributed by atoms with van der Waals surface area (Å²) in [5.41, 5.74) is 4.64. The second-order valence-electron chi connectivity index (χ2n) is 8.60. The van der Waals surface area contributed by atoms with Gasteiger partial charge in [-0.1, -0.05) is 69.7 Å². The van der Waals surface area contributed by atoms with Gasteiger partial charge in [0.2, 0.25) is 0 Å². The Balaban J connectivity index is 1.79. The molecule has 0 aromatic heterocycles. The van der Waals surface area contributed by atoms with Crippen molar-refractivity contribution in [1.82, 2.24) is 5.43 Å². The number of para-hydroxylation sites is 1. The van der Waals surface area contributed by atoms with Gasteiger partial charge in [0.05, 0.1) is 23.4 Å². The third-order valence-corrected chi connectivity index (χ3v) is 7.32. The smallest absolute Gasteiger partial charge is 0.264 e. The number of nitrogens with zero attached hydrogens (tertiary/aromatic N) is 2. The van der Waals surface area contributed by atoms with E-state index in [0.29, 0.717) is 29.5 Å². The molecule has 36 heavy (non-hydrogen) atoms. The van der Waals surface area contributed by atoms with Crippen LogP contribution in [0.3, 0.4) is 0 Å². The number of carbonyl (C=O) groups is 1. The summed E-state index contributed by atoms with van der Waals surface area (Å²) in [4.78, 5) is 12.9. The molecule has 0 spiro atoms. The Morgan fingerprint density at radius 1 is 1.00 bits per heavy atom. The molecule has 0 unspecified atom stereocenters. The SMILES string of the molecule is CCCCOc1ccccc1C=NNC(=O)CN(c1ccc(C(C)C)cc1)S(=O)(=O)c1ccccc1. The van der Waals surface area contributed by atoms with Crippen LogP contribution in [0, 0.1) is 0 Å². The summed E-state index contributed by atoms with van der Waals surface area (Å²) in [7, 11) is -3.98. The zero-order valence-corrected chi connectivity index (χ0v) is 21.7. The highest BCUT2D eigenvalue weighted by molar-refractivity contribution is 7.92. The van der Waals surface area contributed by atoms with E-state index in [2.05, 4.69) is 31.3 Å². The molecule has 0 atom stereocenters. The number of sulfonamides is 1. The molecule has 3 aromatic carbocycles. The van der Waals surface area contributed by atoms with Gasteiger partial charge in [-0.25, -0.2) is 13.8 Å². The lowest BCUT2D eigenvalue weighted by Gasteiger charge is -2.24. The molecule has 0 saturated heterocycles. The summed E-state index contributed by atoms with van der Waals surface area (Å²) in [5, 5.41) is 4.04. The van der Waals surface area contributed by atoms with Gasteiger partial charge in [-0.15, -0.1) is 0 Å². The van der Waals surface area contributed by atoms with Crippen molar-refractivity contribution in [2.75, 3.05) is 17.5 Å². The van der Waals surface area contributed by atoms with E-state index in [-0.39, 0.29) is 4.90 Å². The van der Waals surface area contributed by atoms with Crippen LogP contribution >= 0.6 is 0 Å². The summed E-state index contributed by atoms with van der Waals surface area (Å²) in [5.74, 6) is 0.398. The number of amides is 1. The second-order valence-corrected chi connectivity index (χ2v) is 10.5. The second kappa shape index (κ2) is 12.9. The Bertz CT molecular complexity index is 1260. The summed E-state index contributed by atoms with van der Waals surface area (Å²) >= 11 is 0. The molecule has 3 aromatic rings. The number of ether oxygens (including phenoxy) is 1. The molecular formula is C28H33N3O4S. The number of hydrogen-bond acceptors (Lipinski definition) is 5. The highest BCUT2D eigenvalue weighted by Gasteiger charge is 2.27. The van der Waals surface area contributed by atoms with Gasteiger partial charge in [0.15, 0.2) is 0 Å². The van der Waals surface area contributed by atoms with Crippen molar-refractivity contribution in [3.05, 3.63) is 90.0 Å². The Morgan fingerprint density at radius 2 is 1.67 bits per heavy atom. The normalized spacial score (nSPS) is 11.6. The Labute approximate surface area is 213 Å². The van der Waals surface area contributed by atoms with Gasteiger partial charge in [-0.3, -0.25) is 9.10 Å². The Hall–Kier alpha value is -3.65. The highest BCUT2D eigenvalue weighted by atomic mass is 32.2. The third-order valence-electron chi connectivity index (χ3n) is 5.53. The standard InChI is InChI=1S/C28H33N3O4S/c1-4-5-19-35-27-14-10-9-11-24(27)20-29-30-28(32)21-31(25-17-15-23(16-18-25)22(2)3)36(33,34)26-12-7-6-8-13-26/h6-18,20,22H,4-5,19,21H2,1-3H3,(H,30,32). The van der Waals surface area contributed by atoms with E-state index in [4.69, 9.17) is 4.74 Å². The van der Waals surface area contributed by atoms with E-state index in [9.17, 15) is 13.2 Å². The zero-order chi connectivity index (χ0) is 26.0. The van der Waals surface area contributed by atoms with Crippen LogP contribution in [0.2, 0.25) is 0 Å². The summed E-state index contributed by atoms with van der Waals surface area (Å²) < 4.78 is 33.8. The summed E-state index contributed by atoms with van der Waals surface area (Å²) in [6.07, 6.45) is 3.45. The molecule has 0 bridgehead atoms. The van der Waals surface area contributed by atoms with Crippen molar-refractivity contribution in [2.45, 2.75) is 44.4 Å². The minimum absolute atomic E-state index is 0.104. The van der Waals surface area contributed by atoms with Gasteiger partial charge < -0.3 is 4.74 Å². The molecule has 190 valence electrons. The van der Waals surface area contributed by atoms with Crippen molar-refractivity contribution in [1.29, 1.82) is 0 Å². The number of carbonyl (C=O) groups excluding carboxylic acids is 1. The lowest BCUT2D eigenvalue weighted by Crippen LogP contribution is -2.39. The van der Waals surface area contributed by atoms with Crippen LogP contribution in [0.15, 0.2) is 88.9 Å². The van der Waals surface area contributed by atoms with Crippen molar-refractivity contribution in [3.8, 4) is 5.75 Å². The molecule has 0 saturated carbocycles. The largest absolute Gasteiger partial charge is 0.493 e. The van der Waals surface area contributed by atoms with Crippen LogP contribution in [0.5, 0.6) is 5.75 Å². The number of unbranched alkanes of at least 4 members (excludes halogenated alkanes) is 1. The first-order valence-corrected chi connectivity index (χ1v) is 13.5. The molecule has 0 aliphatic carbocycles. The summed E-state index contributed by atoms with van der Waals surface area (Å²) in [6.45, 7) is 6.38. The number of rotatable bonds is 12. The molecule has 0 fully saturated rings. The third kappa shape index (κ3) is 7.18. The predicted molar refractivity (Wildman–Crippen MR) is 144 cm³/mol. The van der Waals surface area contributed by atoms with Crippen LogP contribution in [0.4, 0.5) is 5.69 Å². The molecular weight excluding hydrogens is 474 g/mol. The molecule has 1 amide bonds. The molecule has 0 heterocycles. The number of benzene rings is 3. The van der Waals surface area contributed by atoms with Gasteiger partial charge in [0.25, 0.3) is 15.9 Å². The van der Waals surface area contributed by atoms with E-state index in [1.807, 2.05) is 36.4 Å². The van der Waals surface area contributed by atoms with Gasteiger partial charge >= 0.3 is 0 Å². The molecule has 1 N–H and O–H groups in total. The maximum absolute atomic E-state index is 13.4. The molecule has 0 radical (unpaired) electrons.